The number of furan rings is 1. The van der Waals surface area contributed by atoms with Crippen molar-refractivity contribution in [2.45, 2.75) is 66.0 Å². The van der Waals surface area contributed by atoms with Gasteiger partial charge in [0, 0.05) is 18.6 Å². The fourth-order valence-corrected chi connectivity index (χ4v) is 5.14. The third-order valence-electron chi connectivity index (χ3n) is 6.85. The molecule has 0 unspecified atom stereocenters. The van der Waals surface area contributed by atoms with E-state index in [1.807, 2.05) is 45.0 Å². The smallest absolute Gasteiger partial charge is 0.417 e. The van der Waals surface area contributed by atoms with Crippen LogP contribution < -0.4 is 0 Å². The summed E-state index contributed by atoms with van der Waals surface area (Å²) in [6.45, 7) is 12.4. The van der Waals surface area contributed by atoms with E-state index in [1.165, 1.54) is 6.92 Å². The topological polar surface area (TPSA) is 116 Å². The predicted octanol–water partition coefficient (Wildman–Crippen LogP) is 4.81. The van der Waals surface area contributed by atoms with Gasteiger partial charge in [0.25, 0.3) is 0 Å². The lowest BCUT2D eigenvalue weighted by Gasteiger charge is -2.31. The third-order valence-corrected chi connectivity index (χ3v) is 6.85. The van der Waals surface area contributed by atoms with Gasteiger partial charge in [-0.15, -0.1) is 0 Å². The van der Waals surface area contributed by atoms with Crippen LogP contribution in [0.3, 0.4) is 0 Å². The molecule has 2 aromatic rings. The molecule has 1 aliphatic rings. The third kappa shape index (κ3) is 7.35. The molecule has 1 fully saturated rings. The lowest BCUT2D eigenvalue weighted by Crippen LogP contribution is -2.50. The number of aliphatic hydroxyl groups excluding tert-OH is 1. The summed E-state index contributed by atoms with van der Waals surface area (Å²) in [5, 5.41) is 8.75. The number of imide groups is 1. The zero-order chi connectivity index (χ0) is 28.7. The van der Waals surface area contributed by atoms with Gasteiger partial charge in [-0.3, -0.25) is 9.59 Å². The molecule has 39 heavy (non-hydrogen) atoms. The Hall–Kier alpha value is -3.01. The highest BCUT2D eigenvalue weighted by Crippen LogP contribution is 2.36. The predicted molar refractivity (Wildman–Crippen MR) is 145 cm³/mol. The molecule has 1 aliphatic heterocycles. The molecular formula is C30H41NO8. The first-order chi connectivity index (χ1) is 18.5. The second-order valence-electron chi connectivity index (χ2n) is 10.8. The molecule has 9 nitrogen and oxygen atoms in total. The maximum absolute atomic E-state index is 13.5. The first kappa shape index (κ1) is 30.5. The number of amides is 2. The maximum Gasteiger partial charge on any atom is 0.417 e. The van der Waals surface area contributed by atoms with Gasteiger partial charge in [-0.2, -0.15) is 0 Å². The van der Waals surface area contributed by atoms with Crippen LogP contribution in [0.25, 0.3) is 11.1 Å². The molecule has 0 bridgehead atoms. The molecule has 0 saturated carbocycles. The molecule has 214 valence electrons. The zero-order valence-electron chi connectivity index (χ0n) is 23.8. The molecule has 1 saturated heterocycles. The van der Waals surface area contributed by atoms with Crippen molar-refractivity contribution in [1.29, 1.82) is 0 Å². The summed E-state index contributed by atoms with van der Waals surface area (Å²) in [6, 6.07) is 9.10. The van der Waals surface area contributed by atoms with Gasteiger partial charge in [0.05, 0.1) is 32.5 Å². The SMILES string of the molecule is Cc1cccc(-c2cc(C(=O)[C@H](C)C(=O)N3C(=O)OC(C)(C)[C@@H]3C(C)C)oc2CCCOCCOCCO)c1. The van der Waals surface area contributed by atoms with Crippen molar-refractivity contribution in [2.75, 3.05) is 33.0 Å². The Kier molecular flexibility index (Phi) is 10.5. The van der Waals surface area contributed by atoms with Crippen LogP contribution in [-0.4, -0.2) is 72.5 Å². The highest BCUT2D eigenvalue weighted by Gasteiger charge is 2.53. The van der Waals surface area contributed by atoms with E-state index in [1.54, 1.807) is 19.9 Å². The first-order valence-corrected chi connectivity index (χ1v) is 13.5. The van der Waals surface area contributed by atoms with Crippen LogP contribution in [-0.2, 0) is 25.4 Å². The lowest BCUT2D eigenvalue weighted by atomic mass is 9.88. The number of aliphatic hydroxyl groups is 1. The molecule has 3 rings (SSSR count). The Labute approximate surface area is 230 Å². The van der Waals surface area contributed by atoms with Crippen LogP contribution >= 0.6 is 0 Å². The Bertz CT molecular complexity index is 1150. The van der Waals surface area contributed by atoms with Crippen LogP contribution in [0.1, 0.15) is 62.9 Å². The molecule has 0 aliphatic carbocycles. The van der Waals surface area contributed by atoms with E-state index in [0.717, 1.165) is 21.6 Å². The summed E-state index contributed by atoms with van der Waals surface area (Å²) in [5.41, 5.74) is 1.91. The Morgan fingerprint density at radius 1 is 1.08 bits per heavy atom. The van der Waals surface area contributed by atoms with Crippen LogP contribution in [0.5, 0.6) is 0 Å². The fourth-order valence-electron chi connectivity index (χ4n) is 5.14. The van der Waals surface area contributed by atoms with Gasteiger partial charge in [0.1, 0.15) is 17.3 Å². The van der Waals surface area contributed by atoms with Crippen molar-refractivity contribution >= 4 is 17.8 Å². The largest absolute Gasteiger partial charge is 0.457 e. The number of hydrogen-bond donors (Lipinski definition) is 1. The number of ketones is 1. The number of carbonyl (C=O) groups is 3. The van der Waals surface area contributed by atoms with Crippen molar-refractivity contribution in [2.24, 2.45) is 11.8 Å². The van der Waals surface area contributed by atoms with Crippen LogP contribution in [0, 0.1) is 18.8 Å². The van der Waals surface area contributed by atoms with Gasteiger partial charge in [0.2, 0.25) is 11.7 Å². The molecule has 0 radical (unpaired) electrons. The molecule has 2 amide bonds. The number of cyclic esters (lactones) is 1. The number of carbonyl (C=O) groups excluding carboxylic acids is 3. The van der Waals surface area contributed by atoms with E-state index in [-0.39, 0.29) is 24.9 Å². The zero-order valence-corrected chi connectivity index (χ0v) is 23.8. The van der Waals surface area contributed by atoms with Crippen molar-refractivity contribution in [3.63, 3.8) is 0 Å². The fraction of sp³-hybridized carbons (Fsp3) is 0.567. The minimum absolute atomic E-state index is 0.0239. The van der Waals surface area contributed by atoms with Gasteiger partial charge in [-0.05, 0) is 51.7 Å². The highest BCUT2D eigenvalue weighted by atomic mass is 16.6. The number of hydrogen-bond acceptors (Lipinski definition) is 8. The summed E-state index contributed by atoms with van der Waals surface area (Å²) >= 11 is 0. The maximum atomic E-state index is 13.5. The van der Waals surface area contributed by atoms with Crippen molar-refractivity contribution in [3.8, 4) is 11.1 Å². The minimum atomic E-state index is -1.13. The minimum Gasteiger partial charge on any atom is -0.457 e. The summed E-state index contributed by atoms with van der Waals surface area (Å²) in [4.78, 5) is 40.7. The van der Waals surface area contributed by atoms with Gasteiger partial charge in [0.15, 0.2) is 5.76 Å². The first-order valence-electron chi connectivity index (χ1n) is 13.5. The summed E-state index contributed by atoms with van der Waals surface area (Å²) in [7, 11) is 0. The van der Waals surface area contributed by atoms with Crippen LogP contribution in [0.4, 0.5) is 4.79 Å². The van der Waals surface area contributed by atoms with Crippen molar-refractivity contribution in [1.82, 2.24) is 4.90 Å². The highest BCUT2D eigenvalue weighted by molar-refractivity contribution is 6.12. The number of Topliss-reactive ketones (excluding diaryl/α,β-unsaturated/α-hetero) is 1. The second kappa shape index (κ2) is 13.4. The molecule has 1 aromatic heterocycles. The molecule has 1 N–H and O–H groups in total. The van der Waals surface area contributed by atoms with E-state index in [4.69, 9.17) is 23.7 Å². The summed E-state index contributed by atoms with van der Waals surface area (Å²) in [5.74, 6) is -1.55. The van der Waals surface area contributed by atoms with Gasteiger partial charge >= 0.3 is 6.09 Å². The molecule has 2 heterocycles. The standard InChI is InChI=1S/C30H41NO8/c1-19(2)27-30(5,6)39-29(35)31(27)28(34)21(4)26(33)25-18-23(22-10-7-9-20(3)17-22)24(38-25)11-8-13-36-15-16-37-14-12-32/h7,9-10,17-19,21,27,32H,8,11-16H2,1-6H3/t21-,27-/m0/s1. The quantitative estimate of drug-likeness (QED) is 0.205. The second-order valence-corrected chi connectivity index (χ2v) is 10.8. The van der Waals surface area contributed by atoms with Gasteiger partial charge < -0.3 is 23.7 Å². The molecule has 2 atom stereocenters. The molecule has 9 heteroatoms. The normalized spacial score (nSPS) is 17.5. The van der Waals surface area contributed by atoms with Gasteiger partial charge in [-0.1, -0.05) is 43.7 Å². The van der Waals surface area contributed by atoms with Crippen molar-refractivity contribution in [3.05, 3.63) is 47.4 Å². The Balaban J connectivity index is 1.78. The summed E-state index contributed by atoms with van der Waals surface area (Å²) < 4.78 is 22.3. The van der Waals surface area contributed by atoms with E-state index in [2.05, 4.69) is 0 Å². The molecule has 1 aromatic carbocycles. The molecule has 0 spiro atoms. The average molecular weight is 544 g/mol. The number of ether oxygens (including phenoxy) is 3. The number of nitrogens with zero attached hydrogens (tertiary/aromatic N) is 1. The van der Waals surface area contributed by atoms with Crippen molar-refractivity contribution < 1.29 is 38.1 Å². The summed E-state index contributed by atoms with van der Waals surface area (Å²) in [6.07, 6.45) is 0.447. The average Bonchev–Trinajstić information content (AvgIpc) is 3.41. The Morgan fingerprint density at radius 2 is 1.77 bits per heavy atom. The monoisotopic (exact) mass is 543 g/mol. The number of aryl methyl sites for hydroxylation is 2. The lowest BCUT2D eigenvalue weighted by molar-refractivity contribution is -0.132. The van der Waals surface area contributed by atoms with Crippen LogP contribution in [0.15, 0.2) is 34.7 Å². The van der Waals surface area contributed by atoms with E-state index in [9.17, 15) is 14.4 Å². The van der Waals surface area contributed by atoms with E-state index < -0.39 is 35.3 Å². The molecular weight excluding hydrogens is 502 g/mol. The van der Waals surface area contributed by atoms with Gasteiger partial charge in [-0.25, -0.2) is 9.69 Å². The van der Waals surface area contributed by atoms with Crippen LogP contribution in [0.2, 0.25) is 0 Å². The Morgan fingerprint density at radius 3 is 2.41 bits per heavy atom. The van der Waals surface area contributed by atoms with E-state index >= 15 is 0 Å². The number of rotatable bonds is 14. The number of benzene rings is 1. The van der Waals surface area contributed by atoms with E-state index in [0.29, 0.717) is 38.4 Å².